The zero-order chi connectivity index (χ0) is 16.4. The van der Waals surface area contributed by atoms with Crippen LogP contribution in [0.1, 0.15) is 35.4 Å². The first kappa shape index (κ1) is 15.0. The van der Waals surface area contributed by atoms with E-state index in [0.29, 0.717) is 22.8 Å². The van der Waals surface area contributed by atoms with Crippen molar-refractivity contribution in [3.05, 3.63) is 53.0 Å². The molecule has 3 aromatic rings. The molecule has 6 heteroatoms. The predicted octanol–water partition coefficient (Wildman–Crippen LogP) is 4.37. The van der Waals surface area contributed by atoms with Crippen LogP contribution in [0.3, 0.4) is 0 Å². The number of thioether (sulfide) groups is 1. The van der Waals surface area contributed by atoms with Gasteiger partial charge in [0, 0.05) is 17.5 Å². The summed E-state index contributed by atoms with van der Waals surface area (Å²) in [6.07, 6.45) is 5.98. The average molecular weight is 337 g/mol. The van der Waals surface area contributed by atoms with Gasteiger partial charge in [-0.3, -0.25) is 0 Å². The van der Waals surface area contributed by atoms with Gasteiger partial charge in [-0.25, -0.2) is 4.98 Å². The van der Waals surface area contributed by atoms with E-state index in [4.69, 9.17) is 13.9 Å². The highest BCUT2D eigenvalue weighted by molar-refractivity contribution is 7.98. The number of fused-ring (bicyclic) bond motifs is 1. The van der Waals surface area contributed by atoms with E-state index in [1.54, 1.807) is 6.26 Å². The van der Waals surface area contributed by atoms with Crippen LogP contribution in [-0.4, -0.2) is 10.1 Å². The second-order valence-electron chi connectivity index (χ2n) is 5.71. The lowest BCUT2D eigenvalue weighted by Crippen LogP contribution is -2.07. The van der Waals surface area contributed by atoms with Crippen molar-refractivity contribution in [3.8, 4) is 17.6 Å². The molecule has 3 aromatic heterocycles. The van der Waals surface area contributed by atoms with Crippen LogP contribution < -0.4 is 0 Å². The van der Waals surface area contributed by atoms with Crippen LogP contribution in [0.25, 0.3) is 11.5 Å². The SMILES string of the molecule is N#Cc1cc2c(nc1SCc1cc(-c3ccco3)on1)CCCC2. The molecule has 0 amide bonds. The normalized spacial score (nSPS) is 13.5. The van der Waals surface area contributed by atoms with Crippen LogP contribution in [0.4, 0.5) is 0 Å². The number of pyridine rings is 1. The maximum atomic E-state index is 9.40. The van der Waals surface area contributed by atoms with Gasteiger partial charge in [0.2, 0.25) is 5.76 Å². The molecule has 0 fully saturated rings. The molecule has 0 radical (unpaired) electrons. The van der Waals surface area contributed by atoms with Gasteiger partial charge < -0.3 is 8.94 Å². The van der Waals surface area contributed by atoms with Crippen LogP contribution in [0.15, 0.2) is 44.5 Å². The van der Waals surface area contributed by atoms with Crippen molar-refractivity contribution in [2.75, 3.05) is 0 Å². The van der Waals surface area contributed by atoms with Gasteiger partial charge in [-0.05, 0) is 49.4 Å². The molecule has 120 valence electrons. The van der Waals surface area contributed by atoms with E-state index in [1.165, 1.54) is 30.2 Å². The fourth-order valence-electron chi connectivity index (χ4n) is 2.86. The lowest BCUT2D eigenvalue weighted by Gasteiger charge is -2.16. The van der Waals surface area contributed by atoms with E-state index in [1.807, 2.05) is 24.3 Å². The Balaban J connectivity index is 1.52. The molecule has 0 unspecified atom stereocenters. The molecular formula is C18H15N3O2S. The molecule has 24 heavy (non-hydrogen) atoms. The minimum atomic E-state index is 0.602. The monoisotopic (exact) mass is 337 g/mol. The zero-order valence-corrected chi connectivity index (χ0v) is 13.8. The van der Waals surface area contributed by atoms with E-state index in [9.17, 15) is 5.26 Å². The van der Waals surface area contributed by atoms with Crippen LogP contribution in [0, 0.1) is 11.3 Å². The number of aryl methyl sites for hydroxylation is 2. The van der Waals surface area contributed by atoms with Gasteiger partial charge in [-0.2, -0.15) is 5.26 Å². The van der Waals surface area contributed by atoms with Gasteiger partial charge in [0.1, 0.15) is 11.1 Å². The van der Waals surface area contributed by atoms with Crippen molar-refractivity contribution >= 4 is 11.8 Å². The molecule has 0 spiro atoms. The highest BCUT2D eigenvalue weighted by Gasteiger charge is 2.16. The summed E-state index contributed by atoms with van der Waals surface area (Å²) in [5, 5.41) is 14.2. The Bertz CT molecular complexity index is 894. The summed E-state index contributed by atoms with van der Waals surface area (Å²) < 4.78 is 10.6. The average Bonchev–Trinajstić information content (AvgIpc) is 3.30. The Hall–Kier alpha value is -2.52. The second-order valence-corrected chi connectivity index (χ2v) is 6.68. The molecule has 0 bridgehead atoms. The number of hydrogen-bond donors (Lipinski definition) is 0. The third kappa shape index (κ3) is 2.95. The molecule has 3 heterocycles. The van der Waals surface area contributed by atoms with Crippen molar-refractivity contribution in [1.82, 2.24) is 10.1 Å². The molecule has 1 aliphatic carbocycles. The summed E-state index contributed by atoms with van der Waals surface area (Å²) in [5.74, 6) is 1.86. The van der Waals surface area contributed by atoms with Crippen LogP contribution >= 0.6 is 11.8 Å². The predicted molar refractivity (Wildman–Crippen MR) is 89.4 cm³/mol. The number of nitrogens with zero attached hydrogens (tertiary/aromatic N) is 3. The first-order valence-corrected chi connectivity index (χ1v) is 8.87. The zero-order valence-electron chi connectivity index (χ0n) is 13.0. The molecule has 0 N–H and O–H groups in total. The van der Waals surface area contributed by atoms with Crippen LogP contribution in [-0.2, 0) is 18.6 Å². The summed E-state index contributed by atoms with van der Waals surface area (Å²) in [5.41, 5.74) is 3.81. The molecule has 4 rings (SSSR count). The van der Waals surface area contributed by atoms with E-state index in [2.05, 4.69) is 11.2 Å². The highest BCUT2D eigenvalue weighted by Crippen LogP contribution is 2.30. The summed E-state index contributed by atoms with van der Waals surface area (Å²) in [7, 11) is 0. The Morgan fingerprint density at radius 3 is 2.96 bits per heavy atom. The van der Waals surface area contributed by atoms with E-state index in [-0.39, 0.29) is 0 Å². The van der Waals surface area contributed by atoms with E-state index >= 15 is 0 Å². The van der Waals surface area contributed by atoms with Gasteiger partial charge in [0.15, 0.2) is 5.76 Å². The largest absolute Gasteiger partial charge is 0.461 e. The third-order valence-electron chi connectivity index (χ3n) is 4.07. The Morgan fingerprint density at radius 1 is 1.21 bits per heavy atom. The fourth-order valence-corrected chi connectivity index (χ4v) is 3.72. The Morgan fingerprint density at radius 2 is 2.12 bits per heavy atom. The standard InChI is InChI=1S/C18H15N3O2S/c19-10-13-8-12-4-1-2-5-15(12)20-18(13)24-11-14-9-17(23-21-14)16-6-3-7-22-16/h3,6-9H,1-2,4-5,11H2. The first-order chi connectivity index (χ1) is 11.8. The number of nitriles is 1. The molecule has 0 saturated carbocycles. The summed E-state index contributed by atoms with van der Waals surface area (Å²) in [6.45, 7) is 0. The van der Waals surface area contributed by atoms with Crippen LogP contribution in [0.2, 0.25) is 0 Å². The quantitative estimate of drug-likeness (QED) is 0.658. The Kier molecular flexibility index (Phi) is 4.09. The maximum absolute atomic E-state index is 9.40. The third-order valence-corrected chi connectivity index (χ3v) is 5.09. The van der Waals surface area contributed by atoms with Gasteiger partial charge in [-0.15, -0.1) is 0 Å². The van der Waals surface area contributed by atoms with Crippen molar-refractivity contribution in [3.63, 3.8) is 0 Å². The summed E-state index contributed by atoms with van der Waals surface area (Å²) in [4.78, 5) is 4.72. The van der Waals surface area contributed by atoms with Gasteiger partial charge in [-0.1, -0.05) is 16.9 Å². The Labute approximate surface area is 143 Å². The highest BCUT2D eigenvalue weighted by atomic mass is 32.2. The summed E-state index contributed by atoms with van der Waals surface area (Å²) >= 11 is 1.52. The number of furan rings is 1. The van der Waals surface area contributed by atoms with E-state index in [0.717, 1.165) is 29.3 Å². The van der Waals surface area contributed by atoms with Crippen molar-refractivity contribution in [1.29, 1.82) is 5.26 Å². The number of hydrogen-bond acceptors (Lipinski definition) is 6. The molecule has 0 atom stereocenters. The minimum absolute atomic E-state index is 0.602. The molecule has 0 saturated heterocycles. The lowest BCUT2D eigenvalue weighted by atomic mass is 9.95. The summed E-state index contributed by atoms with van der Waals surface area (Å²) in [6, 6.07) is 9.76. The van der Waals surface area contributed by atoms with Gasteiger partial charge in [0.25, 0.3) is 0 Å². The molecule has 0 aromatic carbocycles. The molecule has 0 aliphatic heterocycles. The molecular weight excluding hydrogens is 322 g/mol. The maximum Gasteiger partial charge on any atom is 0.202 e. The number of aromatic nitrogens is 2. The second kappa shape index (κ2) is 6.54. The van der Waals surface area contributed by atoms with Crippen LogP contribution in [0.5, 0.6) is 0 Å². The van der Waals surface area contributed by atoms with Gasteiger partial charge in [0.05, 0.1) is 17.5 Å². The smallest absolute Gasteiger partial charge is 0.202 e. The van der Waals surface area contributed by atoms with Crippen molar-refractivity contribution in [2.24, 2.45) is 0 Å². The van der Waals surface area contributed by atoms with Crippen molar-refractivity contribution in [2.45, 2.75) is 36.5 Å². The lowest BCUT2D eigenvalue weighted by molar-refractivity contribution is 0.413. The fraction of sp³-hybridized carbons (Fsp3) is 0.278. The van der Waals surface area contributed by atoms with Gasteiger partial charge >= 0.3 is 0 Å². The molecule has 5 nitrogen and oxygen atoms in total. The molecule has 1 aliphatic rings. The van der Waals surface area contributed by atoms with Crippen molar-refractivity contribution < 1.29 is 8.94 Å². The van der Waals surface area contributed by atoms with E-state index < -0.39 is 0 Å². The minimum Gasteiger partial charge on any atom is -0.461 e. The topological polar surface area (TPSA) is 75.8 Å². The first-order valence-electron chi connectivity index (χ1n) is 7.88. The number of rotatable bonds is 4.